The second-order valence-corrected chi connectivity index (χ2v) is 7.48. The molecule has 1 saturated heterocycles. The molecule has 1 fully saturated rings. The van der Waals surface area contributed by atoms with Crippen LogP contribution in [0, 0.1) is 0 Å². The van der Waals surface area contributed by atoms with Gasteiger partial charge in [-0.2, -0.15) is 11.8 Å². The van der Waals surface area contributed by atoms with Gasteiger partial charge in [0.05, 0.1) is 10.5 Å². The molecule has 128 valence electrons. The molecule has 1 aliphatic rings. The summed E-state index contributed by atoms with van der Waals surface area (Å²) < 4.78 is 0. The number of fused-ring (bicyclic) bond motifs is 1. The molecule has 1 aliphatic heterocycles. The molecule has 24 heavy (non-hydrogen) atoms. The Bertz CT molecular complexity index is 716. The van der Waals surface area contributed by atoms with Crippen molar-refractivity contribution in [1.82, 2.24) is 15.2 Å². The van der Waals surface area contributed by atoms with Crippen molar-refractivity contribution < 1.29 is 4.79 Å². The largest absolute Gasteiger partial charge is 0.348 e. The molecule has 3 rings (SSSR count). The van der Waals surface area contributed by atoms with E-state index in [0.717, 1.165) is 37.9 Å². The standard InChI is InChI=1S/C18H22ClN3OS/c1-24-12-11-22-9-7-14(8-10-22)20-18(23)16-6-5-13-3-2-4-15(19)17(13)21-16/h2-6,14H,7-12H2,1H3,(H,20,23). The van der Waals surface area contributed by atoms with Gasteiger partial charge >= 0.3 is 0 Å². The van der Waals surface area contributed by atoms with E-state index in [9.17, 15) is 4.79 Å². The lowest BCUT2D eigenvalue weighted by atomic mass is 10.0. The Morgan fingerprint density at radius 2 is 2.12 bits per heavy atom. The number of nitrogens with one attached hydrogen (secondary N) is 1. The molecule has 4 nitrogen and oxygen atoms in total. The molecule has 2 heterocycles. The molecule has 0 saturated carbocycles. The first-order valence-corrected chi connectivity index (χ1v) is 10.0. The Balaban J connectivity index is 1.60. The van der Waals surface area contributed by atoms with E-state index in [0.29, 0.717) is 16.2 Å². The maximum absolute atomic E-state index is 12.5. The predicted octanol–water partition coefficient (Wildman–Crippen LogP) is 3.45. The first-order chi connectivity index (χ1) is 11.7. The van der Waals surface area contributed by atoms with E-state index in [1.165, 1.54) is 5.75 Å². The summed E-state index contributed by atoms with van der Waals surface area (Å²) >= 11 is 8.06. The molecular formula is C18H22ClN3OS. The molecular weight excluding hydrogens is 342 g/mol. The predicted molar refractivity (Wildman–Crippen MR) is 102 cm³/mol. The third-order valence-corrected chi connectivity index (χ3v) is 5.33. The quantitative estimate of drug-likeness (QED) is 0.883. The van der Waals surface area contributed by atoms with E-state index in [-0.39, 0.29) is 11.9 Å². The Labute approximate surface area is 152 Å². The molecule has 0 unspecified atom stereocenters. The number of likely N-dealkylation sites (tertiary alicyclic amines) is 1. The summed E-state index contributed by atoms with van der Waals surface area (Å²) in [6, 6.07) is 9.52. The first kappa shape index (κ1) is 17.5. The average Bonchev–Trinajstić information content (AvgIpc) is 2.61. The smallest absolute Gasteiger partial charge is 0.270 e. The minimum Gasteiger partial charge on any atom is -0.348 e. The number of thioether (sulfide) groups is 1. The topological polar surface area (TPSA) is 45.2 Å². The number of carbonyl (C=O) groups excluding carboxylic acids is 1. The van der Waals surface area contributed by atoms with Gasteiger partial charge in [-0.3, -0.25) is 4.79 Å². The Kier molecular flexibility index (Phi) is 5.98. The summed E-state index contributed by atoms with van der Waals surface area (Å²) in [7, 11) is 0. The van der Waals surface area contributed by atoms with Crippen LogP contribution in [-0.4, -0.2) is 53.5 Å². The Morgan fingerprint density at radius 3 is 2.88 bits per heavy atom. The number of hydrogen-bond donors (Lipinski definition) is 1. The van der Waals surface area contributed by atoms with Crippen LogP contribution in [0.1, 0.15) is 23.3 Å². The van der Waals surface area contributed by atoms with E-state index >= 15 is 0 Å². The van der Waals surface area contributed by atoms with E-state index < -0.39 is 0 Å². The van der Waals surface area contributed by atoms with Gasteiger partial charge in [0.2, 0.25) is 0 Å². The highest BCUT2D eigenvalue weighted by Crippen LogP contribution is 2.21. The summed E-state index contributed by atoms with van der Waals surface area (Å²) in [6.07, 6.45) is 4.12. The second-order valence-electron chi connectivity index (χ2n) is 6.09. The Morgan fingerprint density at radius 1 is 1.33 bits per heavy atom. The van der Waals surface area contributed by atoms with Gasteiger partial charge in [-0.15, -0.1) is 0 Å². The van der Waals surface area contributed by atoms with E-state index in [1.807, 2.05) is 30.0 Å². The normalized spacial score (nSPS) is 16.4. The second kappa shape index (κ2) is 8.19. The van der Waals surface area contributed by atoms with E-state index in [4.69, 9.17) is 11.6 Å². The molecule has 0 bridgehead atoms. The fourth-order valence-corrected chi connectivity index (χ4v) is 3.68. The molecule has 0 spiro atoms. The van der Waals surface area contributed by atoms with Crippen LogP contribution in [-0.2, 0) is 0 Å². The van der Waals surface area contributed by atoms with Crippen molar-refractivity contribution >= 4 is 40.2 Å². The van der Waals surface area contributed by atoms with Crippen molar-refractivity contribution in [3.63, 3.8) is 0 Å². The van der Waals surface area contributed by atoms with Crippen molar-refractivity contribution in [2.45, 2.75) is 18.9 Å². The van der Waals surface area contributed by atoms with Crippen LogP contribution in [0.15, 0.2) is 30.3 Å². The first-order valence-electron chi connectivity index (χ1n) is 8.25. The number of pyridine rings is 1. The number of hydrogen-bond acceptors (Lipinski definition) is 4. The summed E-state index contributed by atoms with van der Waals surface area (Å²) in [4.78, 5) is 19.4. The molecule has 1 aromatic carbocycles. The van der Waals surface area contributed by atoms with Gasteiger partial charge in [0.25, 0.3) is 5.91 Å². The lowest BCUT2D eigenvalue weighted by Gasteiger charge is -2.32. The molecule has 1 amide bonds. The minimum absolute atomic E-state index is 0.112. The lowest BCUT2D eigenvalue weighted by Crippen LogP contribution is -2.45. The van der Waals surface area contributed by atoms with Gasteiger partial charge in [-0.05, 0) is 31.2 Å². The van der Waals surface area contributed by atoms with Crippen molar-refractivity contribution in [2.24, 2.45) is 0 Å². The highest BCUT2D eigenvalue weighted by Gasteiger charge is 2.21. The SMILES string of the molecule is CSCCN1CCC(NC(=O)c2ccc3cccc(Cl)c3n2)CC1. The third kappa shape index (κ3) is 4.21. The number of nitrogens with zero attached hydrogens (tertiary/aromatic N) is 2. The summed E-state index contributed by atoms with van der Waals surface area (Å²) in [5, 5.41) is 4.64. The van der Waals surface area contributed by atoms with Crippen LogP contribution in [0.5, 0.6) is 0 Å². The Hall–Kier alpha value is -1.30. The lowest BCUT2D eigenvalue weighted by molar-refractivity contribution is 0.0908. The number of aromatic nitrogens is 1. The summed E-state index contributed by atoms with van der Waals surface area (Å²) in [5.74, 6) is 1.05. The molecule has 2 aromatic rings. The highest BCUT2D eigenvalue weighted by molar-refractivity contribution is 7.98. The zero-order valence-electron chi connectivity index (χ0n) is 13.8. The number of rotatable bonds is 5. The van der Waals surface area contributed by atoms with Gasteiger partial charge in [-0.25, -0.2) is 4.98 Å². The zero-order chi connectivity index (χ0) is 16.9. The number of benzene rings is 1. The van der Waals surface area contributed by atoms with Crippen molar-refractivity contribution in [1.29, 1.82) is 0 Å². The molecule has 0 aliphatic carbocycles. The van der Waals surface area contributed by atoms with E-state index in [1.54, 1.807) is 12.1 Å². The van der Waals surface area contributed by atoms with E-state index in [2.05, 4.69) is 21.5 Å². The van der Waals surface area contributed by atoms with Crippen LogP contribution >= 0.6 is 23.4 Å². The number of piperidine rings is 1. The molecule has 0 atom stereocenters. The number of halogens is 1. The minimum atomic E-state index is -0.112. The van der Waals surface area contributed by atoms with Gasteiger partial charge in [0.15, 0.2) is 0 Å². The number of amides is 1. The number of carbonyl (C=O) groups is 1. The maximum Gasteiger partial charge on any atom is 0.270 e. The fraction of sp³-hybridized carbons (Fsp3) is 0.444. The number of para-hydroxylation sites is 1. The van der Waals surface area contributed by atoms with Crippen molar-refractivity contribution in [2.75, 3.05) is 31.6 Å². The zero-order valence-corrected chi connectivity index (χ0v) is 15.4. The van der Waals surface area contributed by atoms with Crippen molar-refractivity contribution in [3.05, 3.63) is 41.0 Å². The fourth-order valence-electron chi connectivity index (χ4n) is 3.02. The molecule has 0 radical (unpaired) electrons. The molecule has 6 heteroatoms. The summed E-state index contributed by atoms with van der Waals surface area (Å²) in [6.45, 7) is 3.22. The van der Waals surface area contributed by atoms with Crippen molar-refractivity contribution in [3.8, 4) is 0 Å². The molecule has 1 N–H and O–H groups in total. The van der Waals surface area contributed by atoms with Crippen LogP contribution in [0.2, 0.25) is 5.02 Å². The van der Waals surface area contributed by atoms with Crippen LogP contribution in [0.25, 0.3) is 10.9 Å². The van der Waals surface area contributed by atoms with Gasteiger partial charge < -0.3 is 10.2 Å². The van der Waals surface area contributed by atoms with Crippen LogP contribution in [0.3, 0.4) is 0 Å². The highest BCUT2D eigenvalue weighted by atomic mass is 35.5. The average molecular weight is 364 g/mol. The van der Waals surface area contributed by atoms with Gasteiger partial charge in [-0.1, -0.05) is 29.8 Å². The summed E-state index contributed by atoms with van der Waals surface area (Å²) in [5.41, 5.74) is 1.11. The van der Waals surface area contributed by atoms with Crippen LogP contribution in [0.4, 0.5) is 0 Å². The van der Waals surface area contributed by atoms with Gasteiger partial charge in [0.1, 0.15) is 5.69 Å². The molecule has 1 aromatic heterocycles. The maximum atomic E-state index is 12.5. The van der Waals surface area contributed by atoms with Gasteiger partial charge in [0, 0.05) is 36.8 Å². The monoisotopic (exact) mass is 363 g/mol. The third-order valence-electron chi connectivity index (χ3n) is 4.44. The van der Waals surface area contributed by atoms with Crippen LogP contribution < -0.4 is 5.32 Å².